The Bertz CT molecular complexity index is 564. The van der Waals surface area contributed by atoms with Crippen LogP contribution in [-0.2, 0) is 22.9 Å². The molecule has 0 aliphatic rings. The molecule has 0 heterocycles. The third kappa shape index (κ3) is 3.22. The van der Waals surface area contributed by atoms with E-state index in [0.29, 0.717) is 10.9 Å². The number of rotatable bonds is 4. The second-order valence-corrected chi connectivity index (χ2v) is 4.82. The van der Waals surface area contributed by atoms with Crippen LogP contribution in [0.15, 0.2) is 24.3 Å². The van der Waals surface area contributed by atoms with E-state index in [9.17, 15) is 10.2 Å². The zero-order valence-electron chi connectivity index (χ0n) is 11.3. The van der Waals surface area contributed by atoms with Gasteiger partial charge in [-0.2, -0.15) is 0 Å². The molecule has 0 saturated heterocycles. The average Bonchev–Trinajstić information content (AvgIpc) is 2.35. The van der Waals surface area contributed by atoms with E-state index in [1.807, 2.05) is 12.1 Å². The van der Waals surface area contributed by atoms with E-state index in [4.69, 9.17) is 0 Å². The quantitative estimate of drug-likeness (QED) is 0.643. The molecule has 104 valence electrons. The Labute approximate surface area is 124 Å². The second kappa shape index (κ2) is 6.81. The van der Waals surface area contributed by atoms with E-state index < -0.39 is 0 Å². The molecule has 2 aromatic rings. The largest absolute Gasteiger partial charge is 2.00 e. The first-order valence-electron chi connectivity index (χ1n) is 6.54. The van der Waals surface area contributed by atoms with Crippen LogP contribution in [0.4, 0.5) is 0 Å². The van der Waals surface area contributed by atoms with Gasteiger partial charge >= 0.3 is 16.5 Å². The molecule has 0 bridgehead atoms. The molecule has 2 aromatic carbocycles. The first-order valence-corrected chi connectivity index (χ1v) is 6.54. The van der Waals surface area contributed by atoms with Crippen molar-refractivity contribution in [1.29, 1.82) is 0 Å². The summed E-state index contributed by atoms with van der Waals surface area (Å²) < 4.78 is 0. The van der Waals surface area contributed by atoms with E-state index >= 15 is 0 Å². The van der Waals surface area contributed by atoms with Crippen molar-refractivity contribution in [3.05, 3.63) is 35.4 Å². The summed E-state index contributed by atoms with van der Waals surface area (Å²) in [7, 11) is 0. The number of hydrogen-bond acceptors (Lipinski definition) is 2. The monoisotopic (exact) mass is 300 g/mol. The summed E-state index contributed by atoms with van der Waals surface area (Å²) in [5, 5.41) is 25.1. The van der Waals surface area contributed by atoms with Crippen molar-refractivity contribution in [2.24, 2.45) is 0 Å². The van der Waals surface area contributed by atoms with Crippen LogP contribution in [0.3, 0.4) is 0 Å². The predicted octanol–water partition coefficient (Wildman–Crippen LogP) is 3.03. The number of fused-ring (bicyclic) bond motifs is 1. The Morgan fingerprint density at radius 1 is 1.11 bits per heavy atom. The molecular formula is C16H18NiO2. The summed E-state index contributed by atoms with van der Waals surface area (Å²) in [6, 6.07) is 7.04. The van der Waals surface area contributed by atoms with Crippen LogP contribution in [-0.4, -0.2) is 0 Å². The average molecular weight is 301 g/mol. The Morgan fingerprint density at radius 3 is 2.53 bits per heavy atom. The van der Waals surface area contributed by atoms with Crippen molar-refractivity contribution in [3.63, 3.8) is 0 Å². The molecule has 0 aromatic heterocycles. The summed E-state index contributed by atoms with van der Waals surface area (Å²) in [5.41, 5.74) is 1.81. The van der Waals surface area contributed by atoms with E-state index in [0.717, 1.165) is 23.8 Å². The molecule has 0 unspecified atom stereocenters. The summed E-state index contributed by atoms with van der Waals surface area (Å²) in [5.74, 6) is -0.271. The van der Waals surface area contributed by atoms with Gasteiger partial charge in [-0.25, -0.2) is 0 Å². The molecule has 2 rings (SSSR count). The maximum Gasteiger partial charge on any atom is 2.00 e. The normalized spacial score (nSPS) is 10.4. The van der Waals surface area contributed by atoms with Crippen LogP contribution in [0.5, 0.6) is 11.5 Å². The third-order valence-corrected chi connectivity index (χ3v) is 3.40. The number of hydrogen-bond donors (Lipinski definition) is 0. The van der Waals surface area contributed by atoms with E-state index in [1.54, 1.807) is 13.0 Å². The van der Waals surface area contributed by atoms with Crippen molar-refractivity contribution < 1.29 is 26.7 Å². The number of benzene rings is 2. The van der Waals surface area contributed by atoms with Gasteiger partial charge in [-0.15, -0.1) is 5.75 Å². The molecule has 0 N–H and O–H groups in total. The van der Waals surface area contributed by atoms with Gasteiger partial charge in [0, 0.05) is 0 Å². The number of aryl methyl sites for hydroxylation is 2. The topological polar surface area (TPSA) is 46.1 Å². The van der Waals surface area contributed by atoms with Crippen molar-refractivity contribution in [2.45, 2.75) is 39.5 Å². The van der Waals surface area contributed by atoms with Gasteiger partial charge in [0.05, 0.1) is 0 Å². The second-order valence-electron chi connectivity index (χ2n) is 4.82. The van der Waals surface area contributed by atoms with E-state index in [-0.39, 0.29) is 28.0 Å². The first-order chi connectivity index (χ1) is 8.65. The summed E-state index contributed by atoms with van der Waals surface area (Å²) in [6.07, 6.45) is 4.39. The van der Waals surface area contributed by atoms with Crippen molar-refractivity contribution in [1.82, 2.24) is 0 Å². The molecule has 0 atom stereocenters. The fourth-order valence-electron chi connectivity index (χ4n) is 2.41. The molecular weight excluding hydrogens is 283 g/mol. The van der Waals surface area contributed by atoms with Crippen LogP contribution in [0.1, 0.15) is 37.3 Å². The number of unbranched alkanes of at least 4 members (excludes halogenated alkanes) is 2. The minimum atomic E-state index is -0.155. The molecule has 0 spiro atoms. The van der Waals surface area contributed by atoms with Crippen LogP contribution in [0, 0.1) is 6.92 Å². The van der Waals surface area contributed by atoms with Gasteiger partial charge < -0.3 is 10.2 Å². The van der Waals surface area contributed by atoms with E-state index in [1.165, 1.54) is 18.9 Å². The molecule has 0 aliphatic carbocycles. The van der Waals surface area contributed by atoms with Crippen LogP contribution < -0.4 is 10.2 Å². The first kappa shape index (κ1) is 15.8. The molecule has 0 fully saturated rings. The Hall–Kier alpha value is -1.21. The molecule has 0 saturated carbocycles. The van der Waals surface area contributed by atoms with Gasteiger partial charge in [-0.05, 0) is 36.1 Å². The maximum atomic E-state index is 12.0. The van der Waals surface area contributed by atoms with Crippen molar-refractivity contribution in [2.75, 3.05) is 0 Å². The minimum Gasteiger partial charge on any atom is -0.872 e. The van der Waals surface area contributed by atoms with E-state index in [2.05, 4.69) is 6.92 Å². The Balaban J connectivity index is 0.00000180. The van der Waals surface area contributed by atoms with Gasteiger partial charge in [0.15, 0.2) is 0 Å². The van der Waals surface area contributed by atoms with Crippen LogP contribution in [0.25, 0.3) is 10.8 Å². The zero-order valence-corrected chi connectivity index (χ0v) is 12.3. The molecule has 0 amide bonds. The fourth-order valence-corrected chi connectivity index (χ4v) is 2.41. The van der Waals surface area contributed by atoms with Crippen LogP contribution >= 0.6 is 0 Å². The zero-order chi connectivity index (χ0) is 13.1. The smallest absolute Gasteiger partial charge is 0.872 e. The minimum absolute atomic E-state index is 0. The van der Waals surface area contributed by atoms with Gasteiger partial charge in [-0.1, -0.05) is 55.3 Å². The van der Waals surface area contributed by atoms with Gasteiger partial charge in [-0.3, -0.25) is 0 Å². The summed E-state index contributed by atoms with van der Waals surface area (Å²) in [6.45, 7) is 3.96. The maximum absolute atomic E-state index is 12.0. The summed E-state index contributed by atoms with van der Waals surface area (Å²) >= 11 is 0. The van der Waals surface area contributed by atoms with Gasteiger partial charge in [0.25, 0.3) is 0 Å². The van der Waals surface area contributed by atoms with Crippen LogP contribution in [0.2, 0.25) is 0 Å². The molecule has 19 heavy (non-hydrogen) atoms. The fraction of sp³-hybridized carbons (Fsp3) is 0.375. The van der Waals surface area contributed by atoms with Gasteiger partial charge in [0.2, 0.25) is 0 Å². The standard InChI is InChI=1S/C16H20O2.Ni/c1-3-4-5-7-12-10-11(2)16(18)15-13(12)8-6-9-14(15)17;/h6,8-10,17-18H,3-5,7H2,1-2H3;/q;+2/p-2. The SMILES string of the molecule is CCCCCc1cc(C)c([O-])c2c([O-])cccc12.[Ni+2]. The molecule has 3 heteroatoms. The summed E-state index contributed by atoms with van der Waals surface area (Å²) in [4.78, 5) is 0. The van der Waals surface area contributed by atoms with Crippen molar-refractivity contribution in [3.8, 4) is 11.5 Å². The molecule has 2 nitrogen and oxygen atoms in total. The third-order valence-electron chi connectivity index (χ3n) is 3.40. The molecule has 0 aliphatic heterocycles. The van der Waals surface area contributed by atoms with Gasteiger partial charge in [0.1, 0.15) is 0 Å². The molecule has 0 radical (unpaired) electrons. The predicted molar refractivity (Wildman–Crippen MR) is 70.8 cm³/mol. The Morgan fingerprint density at radius 2 is 1.84 bits per heavy atom. The Kier molecular flexibility index (Phi) is 5.68. The van der Waals surface area contributed by atoms with Crippen molar-refractivity contribution >= 4 is 10.8 Å².